The lowest BCUT2D eigenvalue weighted by molar-refractivity contribution is 0.231. The van der Waals surface area contributed by atoms with Gasteiger partial charge in [0, 0.05) is 11.3 Å². The van der Waals surface area contributed by atoms with Crippen molar-refractivity contribution in [1.29, 1.82) is 0 Å². The second-order valence-electron chi connectivity index (χ2n) is 5.52. The number of oxazole rings is 1. The van der Waals surface area contributed by atoms with Crippen molar-refractivity contribution in [3.05, 3.63) is 17.3 Å². The van der Waals surface area contributed by atoms with E-state index in [0.717, 1.165) is 30.0 Å². The third-order valence-electron chi connectivity index (χ3n) is 3.84. The van der Waals surface area contributed by atoms with Gasteiger partial charge in [0.15, 0.2) is 0 Å². The Morgan fingerprint density at radius 2 is 2.24 bits per heavy atom. The van der Waals surface area contributed by atoms with Gasteiger partial charge in [0.2, 0.25) is 5.89 Å². The zero-order valence-electron chi connectivity index (χ0n) is 13.1. The SMILES string of the molecule is CCS[C@H]1CCC[C@@H](NC(=O)NCc2nc(C)c(C)o2)C1. The van der Waals surface area contributed by atoms with Gasteiger partial charge in [-0.15, -0.1) is 0 Å². The van der Waals surface area contributed by atoms with Crippen molar-refractivity contribution < 1.29 is 9.21 Å². The van der Waals surface area contributed by atoms with E-state index in [4.69, 9.17) is 4.42 Å². The van der Waals surface area contributed by atoms with Gasteiger partial charge in [-0.2, -0.15) is 11.8 Å². The Balaban J connectivity index is 1.73. The molecule has 0 bridgehead atoms. The lowest BCUT2D eigenvalue weighted by Crippen LogP contribution is -2.44. The van der Waals surface area contributed by atoms with Crippen molar-refractivity contribution in [1.82, 2.24) is 15.6 Å². The smallest absolute Gasteiger partial charge is 0.315 e. The fourth-order valence-corrected chi connectivity index (χ4v) is 3.84. The molecular formula is C15H25N3O2S. The average molecular weight is 311 g/mol. The average Bonchev–Trinajstić information content (AvgIpc) is 2.76. The molecule has 0 aromatic carbocycles. The van der Waals surface area contributed by atoms with Crippen LogP contribution in [0.15, 0.2) is 4.42 Å². The van der Waals surface area contributed by atoms with Crippen LogP contribution in [0, 0.1) is 13.8 Å². The number of rotatable bonds is 5. The van der Waals surface area contributed by atoms with Gasteiger partial charge in [0.25, 0.3) is 0 Å². The summed E-state index contributed by atoms with van der Waals surface area (Å²) in [4.78, 5) is 16.2. The van der Waals surface area contributed by atoms with Crippen LogP contribution in [0.5, 0.6) is 0 Å². The summed E-state index contributed by atoms with van der Waals surface area (Å²) in [6, 6.07) is 0.159. The number of aromatic nitrogens is 1. The third kappa shape index (κ3) is 4.95. The number of carbonyl (C=O) groups is 1. The molecule has 1 aromatic heterocycles. The molecule has 2 rings (SSSR count). The Morgan fingerprint density at radius 3 is 2.90 bits per heavy atom. The number of aryl methyl sites for hydroxylation is 2. The molecule has 1 aromatic rings. The molecule has 1 aliphatic rings. The number of urea groups is 1. The Hall–Kier alpha value is -1.17. The first-order valence-corrected chi connectivity index (χ1v) is 8.72. The highest BCUT2D eigenvalue weighted by atomic mass is 32.2. The monoisotopic (exact) mass is 311 g/mol. The normalized spacial score (nSPS) is 22.0. The molecular weight excluding hydrogens is 286 g/mol. The number of carbonyl (C=O) groups excluding carboxylic acids is 1. The van der Waals surface area contributed by atoms with E-state index in [1.54, 1.807) is 0 Å². The van der Waals surface area contributed by atoms with E-state index in [0.29, 0.717) is 17.7 Å². The van der Waals surface area contributed by atoms with Gasteiger partial charge in [-0.25, -0.2) is 9.78 Å². The maximum atomic E-state index is 11.9. The van der Waals surface area contributed by atoms with Crippen LogP contribution in [0.2, 0.25) is 0 Å². The fraction of sp³-hybridized carbons (Fsp3) is 0.733. The van der Waals surface area contributed by atoms with E-state index in [1.165, 1.54) is 12.8 Å². The van der Waals surface area contributed by atoms with E-state index in [9.17, 15) is 4.79 Å². The summed E-state index contributed by atoms with van der Waals surface area (Å²) in [5.41, 5.74) is 0.874. The van der Waals surface area contributed by atoms with E-state index in [-0.39, 0.29) is 12.1 Å². The minimum absolute atomic E-state index is 0.129. The Bertz CT molecular complexity index is 454. The molecule has 1 aliphatic carbocycles. The molecule has 0 radical (unpaired) electrons. The van der Waals surface area contributed by atoms with Gasteiger partial charge in [0.1, 0.15) is 5.76 Å². The summed E-state index contributed by atoms with van der Waals surface area (Å²) in [7, 11) is 0. The molecule has 2 N–H and O–H groups in total. The Kier molecular flexibility index (Phi) is 5.96. The lowest BCUT2D eigenvalue weighted by atomic mass is 9.95. The summed E-state index contributed by atoms with van der Waals surface area (Å²) in [6.07, 6.45) is 4.61. The van der Waals surface area contributed by atoms with E-state index < -0.39 is 0 Å². The van der Waals surface area contributed by atoms with Crippen LogP contribution in [0.1, 0.15) is 50.0 Å². The van der Waals surface area contributed by atoms with Crippen LogP contribution < -0.4 is 10.6 Å². The summed E-state index contributed by atoms with van der Waals surface area (Å²) in [6.45, 7) is 6.30. The van der Waals surface area contributed by atoms with Crippen LogP contribution in [-0.2, 0) is 6.54 Å². The van der Waals surface area contributed by atoms with Crippen LogP contribution in [0.25, 0.3) is 0 Å². The predicted molar refractivity (Wildman–Crippen MR) is 85.5 cm³/mol. The standard InChI is InChI=1S/C15H25N3O2S/c1-4-21-13-7-5-6-12(8-13)18-15(19)16-9-14-17-10(2)11(3)20-14/h12-13H,4-9H2,1-3H3,(H2,16,18,19)/t12-,13+/m1/s1. The number of nitrogens with one attached hydrogen (secondary N) is 2. The summed E-state index contributed by atoms with van der Waals surface area (Å²) in [5, 5.41) is 6.57. The highest BCUT2D eigenvalue weighted by molar-refractivity contribution is 7.99. The molecule has 0 saturated heterocycles. The maximum Gasteiger partial charge on any atom is 0.315 e. The van der Waals surface area contributed by atoms with Crippen LogP contribution in [-0.4, -0.2) is 28.1 Å². The van der Waals surface area contributed by atoms with Crippen molar-refractivity contribution >= 4 is 17.8 Å². The largest absolute Gasteiger partial charge is 0.444 e. The van der Waals surface area contributed by atoms with E-state index >= 15 is 0 Å². The number of thioether (sulfide) groups is 1. The second kappa shape index (κ2) is 7.73. The molecule has 1 heterocycles. The molecule has 0 aliphatic heterocycles. The van der Waals surface area contributed by atoms with Crippen molar-refractivity contribution in [3.63, 3.8) is 0 Å². The number of hydrogen-bond donors (Lipinski definition) is 2. The van der Waals surface area contributed by atoms with Gasteiger partial charge in [0.05, 0.1) is 12.2 Å². The minimum Gasteiger partial charge on any atom is -0.444 e. The summed E-state index contributed by atoms with van der Waals surface area (Å²) < 4.78 is 5.45. The van der Waals surface area contributed by atoms with Crippen molar-refractivity contribution in [3.8, 4) is 0 Å². The number of hydrogen-bond acceptors (Lipinski definition) is 4. The number of amides is 2. The molecule has 1 fully saturated rings. The lowest BCUT2D eigenvalue weighted by Gasteiger charge is -2.29. The zero-order chi connectivity index (χ0) is 15.2. The van der Waals surface area contributed by atoms with Crippen molar-refractivity contribution in [2.45, 2.75) is 64.3 Å². The Labute approximate surface area is 130 Å². The van der Waals surface area contributed by atoms with Crippen molar-refractivity contribution in [2.24, 2.45) is 0 Å². The maximum absolute atomic E-state index is 11.9. The quantitative estimate of drug-likeness (QED) is 0.876. The van der Waals surface area contributed by atoms with Crippen LogP contribution >= 0.6 is 11.8 Å². The first-order valence-electron chi connectivity index (χ1n) is 7.67. The van der Waals surface area contributed by atoms with E-state index in [2.05, 4.69) is 22.5 Å². The molecule has 6 heteroatoms. The molecule has 1 saturated carbocycles. The summed E-state index contributed by atoms with van der Waals surface area (Å²) in [5.74, 6) is 2.51. The van der Waals surface area contributed by atoms with Crippen molar-refractivity contribution in [2.75, 3.05) is 5.75 Å². The topological polar surface area (TPSA) is 67.2 Å². The molecule has 5 nitrogen and oxygen atoms in total. The second-order valence-corrected chi connectivity index (χ2v) is 7.09. The highest BCUT2D eigenvalue weighted by Gasteiger charge is 2.23. The molecule has 2 atom stereocenters. The first-order chi connectivity index (χ1) is 10.1. The van der Waals surface area contributed by atoms with Gasteiger partial charge in [-0.1, -0.05) is 13.3 Å². The Morgan fingerprint density at radius 1 is 1.43 bits per heavy atom. The third-order valence-corrected chi connectivity index (χ3v) is 5.07. The highest BCUT2D eigenvalue weighted by Crippen LogP contribution is 2.28. The van der Waals surface area contributed by atoms with Gasteiger partial charge in [-0.05, 0) is 38.9 Å². The zero-order valence-corrected chi connectivity index (χ0v) is 13.9. The van der Waals surface area contributed by atoms with Crippen LogP contribution in [0.3, 0.4) is 0 Å². The molecule has 0 unspecified atom stereocenters. The summed E-state index contributed by atoms with van der Waals surface area (Å²) >= 11 is 2.00. The minimum atomic E-state index is -0.129. The van der Waals surface area contributed by atoms with Gasteiger partial charge >= 0.3 is 6.03 Å². The first kappa shape index (κ1) is 16.2. The van der Waals surface area contributed by atoms with Gasteiger partial charge < -0.3 is 15.1 Å². The van der Waals surface area contributed by atoms with E-state index in [1.807, 2.05) is 25.6 Å². The fourth-order valence-electron chi connectivity index (χ4n) is 2.67. The molecule has 21 heavy (non-hydrogen) atoms. The molecule has 2 amide bonds. The van der Waals surface area contributed by atoms with Gasteiger partial charge in [-0.3, -0.25) is 0 Å². The number of nitrogens with zero attached hydrogens (tertiary/aromatic N) is 1. The van der Waals surface area contributed by atoms with Crippen LogP contribution in [0.4, 0.5) is 4.79 Å². The molecule has 118 valence electrons. The predicted octanol–water partition coefficient (Wildman–Crippen LogP) is 3.15. The molecule has 0 spiro atoms.